The van der Waals surface area contributed by atoms with Crippen molar-refractivity contribution in [3.63, 3.8) is 0 Å². The molecule has 0 bridgehead atoms. The van der Waals surface area contributed by atoms with Gasteiger partial charge in [0.1, 0.15) is 12.0 Å². The van der Waals surface area contributed by atoms with Crippen molar-refractivity contribution in [3.8, 4) is 0 Å². The molecule has 3 heterocycles. The topological polar surface area (TPSA) is 68.8 Å². The molecule has 3 aromatic rings. The molecule has 0 spiro atoms. The quantitative estimate of drug-likeness (QED) is 0.725. The standard InChI is InChI=1S/C19H22N6O/c1-23-17(10-11-21-23)19(26)25-12-6-5-9-16(25)18-22-20-14-24(18)13-15-7-3-2-4-8-15/h2-4,7-8,10-11,14,16H,5-6,9,12-13H2,1H3/t16-/m1/s1. The van der Waals surface area contributed by atoms with E-state index in [9.17, 15) is 4.79 Å². The van der Waals surface area contributed by atoms with Gasteiger partial charge < -0.3 is 9.47 Å². The average Bonchev–Trinajstić information content (AvgIpc) is 3.31. The molecule has 7 nitrogen and oxygen atoms in total. The van der Waals surface area contributed by atoms with Gasteiger partial charge in [-0.25, -0.2) is 0 Å². The first-order valence-corrected chi connectivity index (χ1v) is 8.94. The molecule has 4 rings (SSSR count). The van der Waals surface area contributed by atoms with Crippen molar-refractivity contribution in [1.29, 1.82) is 0 Å². The highest BCUT2D eigenvalue weighted by atomic mass is 16.2. The van der Waals surface area contributed by atoms with Crippen LogP contribution in [0.5, 0.6) is 0 Å². The normalized spacial score (nSPS) is 17.4. The minimum absolute atomic E-state index is 0.00367. The third-order valence-corrected chi connectivity index (χ3v) is 4.94. The van der Waals surface area contributed by atoms with Crippen LogP contribution in [0.1, 0.15) is 47.2 Å². The maximum atomic E-state index is 13.1. The van der Waals surface area contributed by atoms with Crippen LogP contribution in [0.25, 0.3) is 0 Å². The fourth-order valence-electron chi connectivity index (χ4n) is 3.60. The van der Waals surface area contributed by atoms with Crippen molar-refractivity contribution in [2.75, 3.05) is 6.54 Å². The number of carbonyl (C=O) groups excluding carboxylic acids is 1. The van der Waals surface area contributed by atoms with Gasteiger partial charge in [0.15, 0.2) is 5.82 Å². The van der Waals surface area contributed by atoms with Crippen LogP contribution in [0.3, 0.4) is 0 Å². The summed E-state index contributed by atoms with van der Waals surface area (Å²) in [7, 11) is 1.80. The summed E-state index contributed by atoms with van der Waals surface area (Å²) in [6, 6.07) is 11.9. The zero-order chi connectivity index (χ0) is 17.9. The highest BCUT2D eigenvalue weighted by Gasteiger charge is 2.33. The largest absolute Gasteiger partial charge is 0.327 e. The van der Waals surface area contributed by atoms with Gasteiger partial charge in [-0.2, -0.15) is 5.10 Å². The van der Waals surface area contributed by atoms with Crippen LogP contribution in [0, 0.1) is 0 Å². The Kier molecular flexibility index (Phi) is 4.51. The predicted octanol–water partition coefficient (Wildman–Crippen LogP) is 2.43. The van der Waals surface area contributed by atoms with Crippen LogP contribution in [0.4, 0.5) is 0 Å². The number of aromatic nitrogens is 5. The molecule has 0 saturated carbocycles. The Labute approximate surface area is 152 Å². The third-order valence-electron chi connectivity index (χ3n) is 4.94. The molecule has 0 unspecified atom stereocenters. The van der Waals surface area contributed by atoms with Crippen molar-refractivity contribution in [3.05, 3.63) is 66.0 Å². The van der Waals surface area contributed by atoms with Crippen LogP contribution >= 0.6 is 0 Å². The van der Waals surface area contributed by atoms with E-state index in [1.54, 1.807) is 30.3 Å². The summed E-state index contributed by atoms with van der Waals surface area (Å²) in [5.74, 6) is 0.855. The molecule has 0 aliphatic carbocycles. The fourth-order valence-corrected chi connectivity index (χ4v) is 3.60. The van der Waals surface area contributed by atoms with E-state index in [1.807, 2.05) is 23.1 Å². The Hall–Kier alpha value is -2.96. The summed E-state index contributed by atoms with van der Waals surface area (Å²) in [5.41, 5.74) is 1.79. The number of hydrogen-bond donors (Lipinski definition) is 0. The molecule has 1 fully saturated rings. The van der Waals surface area contributed by atoms with Gasteiger partial charge >= 0.3 is 0 Å². The Bertz CT molecular complexity index is 884. The van der Waals surface area contributed by atoms with E-state index in [-0.39, 0.29) is 11.9 Å². The van der Waals surface area contributed by atoms with Crippen LogP contribution in [0.2, 0.25) is 0 Å². The maximum Gasteiger partial charge on any atom is 0.272 e. The molecule has 0 radical (unpaired) electrons. The van der Waals surface area contributed by atoms with E-state index in [0.717, 1.165) is 31.6 Å². The molecule has 26 heavy (non-hydrogen) atoms. The zero-order valence-electron chi connectivity index (χ0n) is 14.8. The van der Waals surface area contributed by atoms with Crippen LogP contribution in [-0.2, 0) is 13.6 Å². The molecule has 1 aliphatic heterocycles. The second-order valence-electron chi connectivity index (χ2n) is 6.65. The lowest BCUT2D eigenvalue weighted by Gasteiger charge is -2.35. The van der Waals surface area contributed by atoms with Crippen LogP contribution in [-0.4, -0.2) is 41.9 Å². The number of aryl methyl sites for hydroxylation is 1. The fraction of sp³-hybridized carbons (Fsp3) is 0.368. The third kappa shape index (κ3) is 3.12. The lowest BCUT2D eigenvalue weighted by Crippen LogP contribution is -2.40. The maximum absolute atomic E-state index is 13.1. The number of likely N-dealkylation sites (tertiary alicyclic amines) is 1. The number of piperidine rings is 1. The molecule has 134 valence electrons. The first-order valence-electron chi connectivity index (χ1n) is 8.94. The Morgan fingerprint density at radius 1 is 1.19 bits per heavy atom. The molecule has 1 atom stereocenters. The van der Waals surface area contributed by atoms with Crippen molar-refractivity contribution in [1.82, 2.24) is 29.4 Å². The number of amides is 1. The second kappa shape index (κ2) is 7.11. The minimum Gasteiger partial charge on any atom is -0.327 e. The summed E-state index contributed by atoms with van der Waals surface area (Å²) >= 11 is 0. The van der Waals surface area contributed by atoms with Crippen LogP contribution in [0.15, 0.2) is 48.9 Å². The molecule has 1 saturated heterocycles. The van der Waals surface area contributed by atoms with Crippen molar-refractivity contribution in [2.45, 2.75) is 31.8 Å². The van der Waals surface area contributed by atoms with E-state index in [2.05, 4.69) is 32.0 Å². The van der Waals surface area contributed by atoms with E-state index < -0.39 is 0 Å². The number of nitrogens with zero attached hydrogens (tertiary/aromatic N) is 6. The smallest absolute Gasteiger partial charge is 0.272 e. The van der Waals surface area contributed by atoms with E-state index in [1.165, 1.54) is 5.56 Å². The molecular weight excluding hydrogens is 328 g/mol. The molecule has 2 aromatic heterocycles. The number of benzene rings is 1. The lowest BCUT2D eigenvalue weighted by atomic mass is 10.0. The van der Waals surface area contributed by atoms with E-state index in [4.69, 9.17) is 0 Å². The predicted molar refractivity (Wildman–Crippen MR) is 96.4 cm³/mol. The molecule has 1 aromatic carbocycles. The average molecular weight is 350 g/mol. The van der Waals surface area contributed by atoms with Gasteiger partial charge in [0, 0.05) is 19.8 Å². The van der Waals surface area contributed by atoms with Gasteiger partial charge in [0.05, 0.1) is 12.6 Å². The van der Waals surface area contributed by atoms with Gasteiger partial charge in [-0.3, -0.25) is 9.48 Å². The van der Waals surface area contributed by atoms with Gasteiger partial charge in [0.25, 0.3) is 5.91 Å². The highest BCUT2D eigenvalue weighted by Crippen LogP contribution is 2.31. The van der Waals surface area contributed by atoms with Gasteiger partial charge in [-0.05, 0) is 30.9 Å². The minimum atomic E-state index is -0.0580. The first-order chi connectivity index (χ1) is 12.7. The van der Waals surface area contributed by atoms with Gasteiger partial charge in [0.2, 0.25) is 0 Å². The Balaban J connectivity index is 1.62. The lowest BCUT2D eigenvalue weighted by molar-refractivity contribution is 0.0583. The second-order valence-corrected chi connectivity index (χ2v) is 6.65. The molecule has 7 heteroatoms. The van der Waals surface area contributed by atoms with E-state index >= 15 is 0 Å². The SMILES string of the molecule is Cn1nccc1C(=O)N1CCCC[C@@H]1c1nncn1Cc1ccccc1. The summed E-state index contributed by atoms with van der Waals surface area (Å²) < 4.78 is 3.68. The van der Waals surface area contributed by atoms with Crippen molar-refractivity contribution < 1.29 is 4.79 Å². The Morgan fingerprint density at radius 2 is 2.04 bits per heavy atom. The first kappa shape index (κ1) is 16.5. The molecular formula is C19H22N6O. The summed E-state index contributed by atoms with van der Waals surface area (Å²) in [5, 5.41) is 12.6. The van der Waals surface area contributed by atoms with Crippen LogP contribution < -0.4 is 0 Å². The van der Waals surface area contributed by atoms with Gasteiger partial charge in [-0.1, -0.05) is 30.3 Å². The summed E-state index contributed by atoms with van der Waals surface area (Å²) in [6.07, 6.45) is 6.40. The Morgan fingerprint density at radius 3 is 2.81 bits per heavy atom. The molecule has 1 aliphatic rings. The van der Waals surface area contributed by atoms with Crippen molar-refractivity contribution in [2.24, 2.45) is 7.05 Å². The van der Waals surface area contributed by atoms with Gasteiger partial charge in [-0.15, -0.1) is 10.2 Å². The number of carbonyl (C=O) groups is 1. The number of hydrogen-bond acceptors (Lipinski definition) is 4. The van der Waals surface area contributed by atoms with Crippen molar-refractivity contribution >= 4 is 5.91 Å². The zero-order valence-corrected chi connectivity index (χ0v) is 14.8. The molecule has 1 amide bonds. The van der Waals surface area contributed by atoms with E-state index in [0.29, 0.717) is 12.2 Å². The monoisotopic (exact) mass is 350 g/mol. The highest BCUT2D eigenvalue weighted by molar-refractivity contribution is 5.92. The number of rotatable bonds is 4. The summed E-state index contributed by atoms with van der Waals surface area (Å²) in [4.78, 5) is 15.0. The molecule has 0 N–H and O–H groups in total. The summed E-state index contributed by atoms with van der Waals surface area (Å²) in [6.45, 7) is 1.43.